The molecule has 3 rings (SSSR count). The van der Waals surface area contributed by atoms with Crippen molar-refractivity contribution in [2.24, 2.45) is 0 Å². The smallest absolute Gasteiger partial charge is 0.338 e. The Morgan fingerprint density at radius 3 is 1.68 bits per heavy atom. The number of hydrogen-bond acceptors (Lipinski definition) is 4. The highest BCUT2D eigenvalue weighted by atomic mass is 16.5. The van der Waals surface area contributed by atoms with Crippen LogP contribution in [0.3, 0.4) is 0 Å². The number of unbranched alkanes of at least 4 members (excludes halogenated alkanes) is 8. The van der Waals surface area contributed by atoms with Crippen LogP contribution in [-0.4, -0.2) is 18.0 Å². The van der Waals surface area contributed by atoms with Crippen molar-refractivity contribution < 1.29 is 19.1 Å². The highest BCUT2D eigenvalue weighted by molar-refractivity contribution is 5.90. The average Bonchev–Trinajstić information content (AvgIpc) is 2.96. The van der Waals surface area contributed by atoms with Crippen LogP contribution < -0.4 is 4.74 Å². The van der Waals surface area contributed by atoms with Gasteiger partial charge in [0.1, 0.15) is 5.75 Å². The number of esters is 2. The van der Waals surface area contributed by atoms with Gasteiger partial charge in [-0.25, -0.2) is 4.79 Å². The van der Waals surface area contributed by atoms with Gasteiger partial charge in [-0.15, -0.1) is 0 Å². The predicted molar refractivity (Wildman–Crippen MR) is 164 cm³/mol. The van der Waals surface area contributed by atoms with Crippen LogP contribution in [0.1, 0.15) is 106 Å². The first-order valence-electron chi connectivity index (χ1n) is 15.1. The summed E-state index contributed by atoms with van der Waals surface area (Å²) in [6.45, 7) is 5.93. The fourth-order valence-electron chi connectivity index (χ4n) is 4.74. The van der Waals surface area contributed by atoms with Crippen molar-refractivity contribution in [3.63, 3.8) is 0 Å². The number of aryl methyl sites for hydroxylation is 2. The van der Waals surface area contributed by atoms with Gasteiger partial charge in [0.2, 0.25) is 0 Å². The second-order valence-corrected chi connectivity index (χ2v) is 10.9. The first-order chi connectivity index (χ1) is 19.4. The minimum atomic E-state index is -0.325. The SMILES string of the molecule is CCCCCCCCCCCc1ccc(CCC(=O)Oc2ccc(-c3ccc(C(=O)OC(C)C)cc3)cc2)cc1. The molecule has 4 nitrogen and oxygen atoms in total. The van der Waals surface area contributed by atoms with Gasteiger partial charge in [0.05, 0.1) is 11.7 Å². The molecule has 0 aliphatic rings. The zero-order valence-corrected chi connectivity index (χ0v) is 24.6. The first-order valence-corrected chi connectivity index (χ1v) is 15.1. The summed E-state index contributed by atoms with van der Waals surface area (Å²) in [5.74, 6) is -0.0319. The lowest BCUT2D eigenvalue weighted by Crippen LogP contribution is -2.11. The number of carbonyl (C=O) groups excluding carboxylic acids is 2. The fraction of sp³-hybridized carbons (Fsp3) is 0.444. The van der Waals surface area contributed by atoms with Crippen LogP contribution >= 0.6 is 0 Å². The van der Waals surface area contributed by atoms with Crippen molar-refractivity contribution in [3.05, 3.63) is 89.5 Å². The maximum absolute atomic E-state index is 12.4. The van der Waals surface area contributed by atoms with E-state index in [1.165, 1.54) is 63.4 Å². The third-order valence-corrected chi connectivity index (χ3v) is 7.09. The van der Waals surface area contributed by atoms with E-state index in [9.17, 15) is 9.59 Å². The van der Waals surface area contributed by atoms with Crippen LogP contribution in [0.5, 0.6) is 5.75 Å². The molecule has 0 bridgehead atoms. The molecule has 0 unspecified atom stereocenters. The number of carbonyl (C=O) groups is 2. The Morgan fingerprint density at radius 2 is 1.12 bits per heavy atom. The van der Waals surface area contributed by atoms with Gasteiger partial charge in [0.25, 0.3) is 0 Å². The minimum Gasteiger partial charge on any atom is -0.459 e. The molecule has 4 heteroatoms. The molecule has 0 amide bonds. The molecule has 0 aliphatic heterocycles. The Hall–Kier alpha value is -3.40. The molecule has 0 spiro atoms. The average molecular weight is 543 g/mol. The number of benzene rings is 3. The van der Waals surface area contributed by atoms with E-state index in [1.807, 2.05) is 38.1 Å². The number of hydrogen-bond donors (Lipinski definition) is 0. The van der Waals surface area contributed by atoms with Crippen molar-refractivity contribution in [1.29, 1.82) is 0 Å². The van der Waals surface area contributed by atoms with Crippen molar-refractivity contribution in [1.82, 2.24) is 0 Å². The third-order valence-electron chi connectivity index (χ3n) is 7.09. The van der Waals surface area contributed by atoms with Crippen LogP contribution in [0.2, 0.25) is 0 Å². The summed E-state index contributed by atoms with van der Waals surface area (Å²) in [5.41, 5.74) is 5.01. The molecule has 0 radical (unpaired) electrons. The Morgan fingerprint density at radius 1 is 0.625 bits per heavy atom. The summed E-state index contributed by atoms with van der Waals surface area (Å²) in [6.07, 6.45) is 14.1. The van der Waals surface area contributed by atoms with Crippen LogP contribution in [0.4, 0.5) is 0 Å². The van der Waals surface area contributed by atoms with Crippen LogP contribution in [0.15, 0.2) is 72.8 Å². The molecular weight excluding hydrogens is 496 g/mol. The summed E-state index contributed by atoms with van der Waals surface area (Å²) < 4.78 is 10.8. The summed E-state index contributed by atoms with van der Waals surface area (Å²) in [6, 6.07) is 23.4. The van der Waals surface area contributed by atoms with E-state index in [-0.39, 0.29) is 18.0 Å². The summed E-state index contributed by atoms with van der Waals surface area (Å²) in [4.78, 5) is 24.5. The Kier molecular flexibility index (Phi) is 13.5. The fourth-order valence-corrected chi connectivity index (χ4v) is 4.74. The predicted octanol–water partition coefficient (Wildman–Crippen LogP) is 9.53. The van der Waals surface area contributed by atoms with E-state index in [0.717, 1.165) is 23.1 Å². The van der Waals surface area contributed by atoms with Crippen molar-refractivity contribution >= 4 is 11.9 Å². The lowest BCUT2D eigenvalue weighted by atomic mass is 10.0. The van der Waals surface area contributed by atoms with Gasteiger partial charge in [0, 0.05) is 6.42 Å². The van der Waals surface area contributed by atoms with Crippen LogP contribution in [0, 0.1) is 0 Å². The van der Waals surface area contributed by atoms with Gasteiger partial charge in [-0.2, -0.15) is 0 Å². The summed E-state index contributed by atoms with van der Waals surface area (Å²) in [7, 11) is 0. The van der Waals surface area contributed by atoms with Gasteiger partial charge >= 0.3 is 11.9 Å². The topological polar surface area (TPSA) is 52.6 Å². The molecule has 214 valence electrons. The molecule has 0 atom stereocenters. The zero-order chi connectivity index (χ0) is 28.6. The molecule has 0 saturated heterocycles. The highest BCUT2D eigenvalue weighted by Crippen LogP contribution is 2.24. The van der Waals surface area contributed by atoms with Crippen molar-refractivity contribution in [2.45, 2.75) is 104 Å². The second kappa shape index (κ2) is 17.3. The lowest BCUT2D eigenvalue weighted by molar-refractivity contribution is -0.134. The Labute approximate surface area is 241 Å². The van der Waals surface area contributed by atoms with E-state index in [2.05, 4.69) is 31.2 Å². The second-order valence-electron chi connectivity index (χ2n) is 10.9. The third kappa shape index (κ3) is 11.4. The standard InChI is InChI=1S/C36H46O4/c1-4-5-6-7-8-9-10-11-12-13-29-14-16-30(17-15-29)18-27-35(37)40-34-25-23-32(24-26-34)31-19-21-33(22-20-31)36(38)39-28(2)3/h14-17,19-26,28H,4-13,18,27H2,1-3H3. The van der Waals surface area contributed by atoms with Crippen LogP contribution in [-0.2, 0) is 22.4 Å². The van der Waals surface area contributed by atoms with Gasteiger partial charge in [-0.1, -0.05) is 107 Å². The van der Waals surface area contributed by atoms with E-state index < -0.39 is 0 Å². The maximum Gasteiger partial charge on any atom is 0.338 e. The van der Waals surface area contributed by atoms with E-state index in [0.29, 0.717) is 24.2 Å². The molecule has 0 saturated carbocycles. The summed E-state index contributed by atoms with van der Waals surface area (Å²) >= 11 is 0. The molecule has 3 aromatic carbocycles. The minimum absolute atomic E-state index is 0.151. The maximum atomic E-state index is 12.4. The number of rotatable bonds is 17. The Bertz CT molecular complexity index is 1140. The van der Waals surface area contributed by atoms with Gasteiger partial charge in [0.15, 0.2) is 0 Å². The molecule has 0 fully saturated rings. The van der Waals surface area contributed by atoms with Crippen molar-refractivity contribution in [3.8, 4) is 16.9 Å². The molecule has 40 heavy (non-hydrogen) atoms. The largest absolute Gasteiger partial charge is 0.459 e. The summed E-state index contributed by atoms with van der Waals surface area (Å²) in [5, 5.41) is 0. The molecule has 0 aromatic heterocycles. The van der Waals surface area contributed by atoms with E-state index >= 15 is 0 Å². The molecular formula is C36H46O4. The monoisotopic (exact) mass is 542 g/mol. The van der Waals surface area contributed by atoms with Crippen LogP contribution in [0.25, 0.3) is 11.1 Å². The van der Waals surface area contributed by atoms with E-state index in [1.54, 1.807) is 24.3 Å². The quantitative estimate of drug-likeness (QED) is 0.0968. The zero-order valence-electron chi connectivity index (χ0n) is 24.6. The molecule has 0 aliphatic carbocycles. The molecule has 0 heterocycles. The van der Waals surface area contributed by atoms with Gasteiger partial charge in [-0.3, -0.25) is 4.79 Å². The lowest BCUT2D eigenvalue weighted by Gasteiger charge is -2.09. The van der Waals surface area contributed by atoms with Crippen molar-refractivity contribution in [2.75, 3.05) is 0 Å². The van der Waals surface area contributed by atoms with Gasteiger partial charge in [-0.05, 0) is 79.6 Å². The van der Waals surface area contributed by atoms with Gasteiger partial charge < -0.3 is 9.47 Å². The highest BCUT2D eigenvalue weighted by Gasteiger charge is 2.10. The normalized spacial score (nSPS) is 11.0. The number of ether oxygens (including phenoxy) is 2. The Balaban J connectivity index is 1.35. The first kappa shape index (κ1) is 31.1. The van der Waals surface area contributed by atoms with E-state index in [4.69, 9.17) is 9.47 Å². The molecule has 0 N–H and O–H groups in total. The molecule has 3 aromatic rings.